The molecule has 0 spiro atoms. The molecule has 0 aromatic rings. The highest BCUT2D eigenvalue weighted by Crippen LogP contribution is 2.31. The van der Waals surface area contributed by atoms with Gasteiger partial charge >= 0.3 is 0 Å². The average Bonchev–Trinajstić information content (AvgIpc) is 2.64. The van der Waals surface area contributed by atoms with Crippen LogP contribution in [-0.2, 0) is 28.4 Å². The molecule has 0 aromatic carbocycles. The van der Waals surface area contributed by atoms with E-state index in [0.29, 0.717) is 0 Å². The smallest absolute Gasteiger partial charge is 0.187 e. The van der Waals surface area contributed by atoms with Gasteiger partial charge in [0.2, 0.25) is 0 Å². The molecule has 11 heteroatoms. The summed E-state index contributed by atoms with van der Waals surface area (Å²) < 4.78 is 32.0. The number of rotatable bonds is 7. The summed E-state index contributed by atoms with van der Waals surface area (Å²) in [7, 11) is 3.97. The lowest BCUT2D eigenvalue weighted by Crippen LogP contribution is -2.65. The maximum absolute atomic E-state index is 10.4. The van der Waals surface area contributed by atoms with Gasteiger partial charge in [-0.25, -0.2) is 0 Å². The lowest BCUT2D eigenvalue weighted by atomic mass is 9.96. The van der Waals surface area contributed by atoms with E-state index in [1.807, 2.05) is 0 Å². The molecule has 0 aromatic heterocycles. The first-order chi connectivity index (χ1) is 12.4. The van der Waals surface area contributed by atoms with E-state index in [0.717, 1.165) is 0 Å². The van der Waals surface area contributed by atoms with Crippen molar-refractivity contribution in [1.82, 2.24) is 0 Å². The number of aliphatic hydroxyl groups is 5. The van der Waals surface area contributed by atoms with Crippen LogP contribution >= 0.6 is 0 Å². The predicted octanol–water partition coefficient (Wildman–Crippen LogP) is -3.43. The van der Waals surface area contributed by atoms with Crippen LogP contribution in [0.5, 0.6) is 0 Å². The van der Waals surface area contributed by atoms with Crippen molar-refractivity contribution in [3.63, 3.8) is 0 Å². The first kappa shape index (κ1) is 21.9. The first-order valence-corrected chi connectivity index (χ1v) is 8.24. The standard InChI is InChI=1S/C15H28O11/c1-21-12-8(18)6(4-16)24-15(9(12)19)26-11-7(5-17)25-14(23-3)10(20)13(11)22-2/h6-20H,4-5H2,1-3H3/t6-,7-,8-,9+,10+,11-,12+,13-,14+,15+/m1/s1. The molecule has 11 nitrogen and oxygen atoms in total. The minimum absolute atomic E-state index is 0.473. The van der Waals surface area contributed by atoms with Crippen molar-refractivity contribution in [1.29, 1.82) is 0 Å². The number of aliphatic hydroxyl groups excluding tert-OH is 5. The Labute approximate surface area is 150 Å². The van der Waals surface area contributed by atoms with Gasteiger partial charge in [-0.3, -0.25) is 0 Å². The van der Waals surface area contributed by atoms with Crippen molar-refractivity contribution >= 4 is 0 Å². The molecular formula is C15H28O11. The molecule has 2 aliphatic heterocycles. The Hall–Kier alpha value is -0.440. The van der Waals surface area contributed by atoms with Crippen LogP contribution in [0.3, 0.4) is 0 Å². The van der Waals surface area contributed by atoms with Gasteiger partial charge in [-0.2, -0.15) is 0 Å². The van der Waals surface area contributed by atoms with Gasteiger partial charge in [-0.1, -0.05) is 0 Å². The van der Waals surface area contributed by atoms with E-state index >= 15 is 0 Å². The van der Waals surface area contributed by atoms with E-state index in [4.69, 9.17) is 28.4 Å². The van der Waals surface area contributed by atoms with Crippen molar-refractivity contribution in [3.05, 3.63) is 0 Å². The van der Waals surface area contributed by atoms with Gasteiger partial charge in [0.1, 0.15) is 48.8 Å². The third-order valence-corrected chi connectivity index (χ3v) is 4.68. The number of methoxy groups -OCH3 is 3. The zero-order valence-corrected chi connectivity index (χ0v) is 14.9. The van der Waals surface area contributed by atoms with Gasteiger partial charge in [0, 0.05) is 21.3 Å². The Balaban J connectivity index is 2.19. The molecule has 154 valence electrons. The van der Waals surface area contributed by atoms with Crippen LogP contribution in [0.2, 0.25) is 0 Å². The summed E-state index contributed by atoms with van der Waals surface area (Å²) in [6.07, 6.45) is -11.3. The fourth-order valence-electron chi connectivity index (χ4n) is 3.27. The minimum Gasteiger partial charge on any atom is -0.394 e. The third-order valence-electron chi connectivity index (χ3n) is 4.68. The minimum atomic E-state index is -1.40. The highest BCUT2D eigenvalue weighted by molar-refractivity contribution is 4.95. The van der Waals surface area contributed by atoms with E-state index < -0.39 is 74.6 Å². The molecule has 2 heterocycles. The van der Waals surface area contributed by atoms with Crippen LogP contribution in [0.4, 0.5) is 0 Å². The summed E-state index contributed by atoms with van der Waals surface area (Å²) in [5.74, 6) is 0. The van der Waals surface area contributed by atoms with Gasteiger partial charge in [-0.05, 0) is 0 Å². The van der Waals surface area contributed by atoms with Gasteiger partial charge in [0.05, 0.1) is 13.2 Å². The molecule has 10 atom stereocenters. The molecule has 0 aliphatic carbocycles. The van der Waals surface area contributed by atoms with Gasteiger partial charge in [0.15, 0.2) is 12.6 Å². The largest absolute Gasteiger partial charge is 0.394 e. The van der Waals surface area contributed by atoms with E-state index in [-0.39, 0.29) is 0 Å². The van der Waals surface area contributed by atoms with Crippen LogP contribution in [0, 0.1) is 0 Å². The Morgan fingerprint density at radius 1 is 0.654 bits per heavy atom. The second-order valence-corrected chi connectivity index (χ2v) is 6.16. The quantitative estimate of drug-likeness (QED) is 0.298. The molecular weight excluding hydrogens is 356 g/mol. The number of hydrogen-bond donors (Lipinski definition) is 5. The summed E-state index contributed by atoms with van der Waals surface area (Å²) in [5.41, 5.74) is 0. The molecule has 2 fully saturated rings. The molecule has 0 unspecified atom stereocenters. The fourth-order valence-corrected chi connectivity index (χ4v) is 3.27. The molecule has 5 N–H and O–H groups in total. The molecule has 0 saturated carbocycles. The van der Waals surface area contributed by atoms with Crippen LogP contribution < -0.4 is 0 Å². The van der Waals surface area contributed by atoms with Crippen molar-refractivity contribution in [2.24, 2.45) is 0 Å². The second kappa shape index (κ2) is 9.66. The van der Waals surface area contributed by atoms with Crippen molar-refractivity contribution in [2.75, 3.05) is 34.5 Å². The maximum Gasteiger partial charge on any atom is 0.187 e. The normalized spacial score (nSPS) is 47.1. The number of ether oxygens (including phenoxy) is 6. The van der Waals surface area contributed by atoms with Crippen LogP contribution in [-0.4, -0.2) is 121 Å². The second-order valence-electron chi connectivity index (χ2n) is 6.16. The molecule has 2 aliphatic rings. The lowest BCUT2D eigenvalue weighted by Gasteiger charge is -2.47. The van der Waals surface area contributed by atoms with E-state index in [9.17, 15) is 25.5 Å². The molecule has 0 radical (unpaired) electrons. The van der Waals surface area contributed by atoms with Crippen molar-refractivity contribution in [3.8, 4) is 0 Å². The van der Waals surface area contributed by atoms with Gasteiger partial charge in [-0.15, -0.1) is 0 Å². The molecule has 0 bridgehead atoms. The van der Waals surface area contributed by atoms with Crippen molar-refractivity contribution < 1.29 is 54.0 Å². The van der Waals surface area contributed by atoms with E-state index in [1.165, 1.54) is 21.3 Å². The van der Waals surface area contributed by atoms with Gasteiger partial charge < -0.3 is 54.0 Å². The third kappa shape index (κ3) is 4.18. The molecule has 0 amide bonds. The summed E-state index contributed by atoms with van der Waals surface area (Å²) in [6.45, 7) is -1.00. The Morgan fingerprint density at radius 2 is 1.19 bits per heavy atom. The van der Waals surface area contributed by atoms with Crippen LogP contribution in [0.15, 0.2) is 0 Å². The molecule has 2 saturated heterocycles. The first-order valence-electron chi connectivity index (χ1n) is 8.24. The SMILES string of the molecule is CO[C@H]1O[C@H](CO)[C@@H](O[C@@H]2O[C@H](CO)[C@@H](O)[C@H](OC)[C@@H]2O)[C@H](OC)[C@@H]1O. The summed E-state index contributed by atoms with van der Waals surface area (Å²) in [6, 6.07) is 0. The fraction of sp³-hybridized carbons (Fsp3) is 1.00. The van der Waals surface area contributed by atoms with Crippen LogP contribution in [0.25, 0.3) is 0 Å². The molecule has 26 heavy (non-hydrogen) atoms. The van der Waals surface area contributed by atoms with E-state index in [2.05, 4.69) is 0 Å². The predicted molar refractivity (Wildman–Crippen MR) is 83.0 cm³/mol. The molecule has 2 rings (SSSR count). The topological polar surface area (TPSA) is 157 Å². The zero-order valence-electron chi connectivity index (χ0n) is 14.9. The Morgan fingerprint density at radius 3 is 1.69 bits per heavy atom. The van der Waals surface area contributed by atoms with Crippen molar-refractivity contribution in [2.45, 2.75) is 61.4 Å². The van der Waals surface area contributed by atoms with E-state index in [1.54, 1.807) is 0 Å². The van der Waals surface area contributed by atoms with Crippen LogP contribution in [0.1, 0.15) is 0 Å². The Kier molecular flexibility index (Phi) is 8.12. The monoisotopic (exact) mass is 384 g/mol. The lowest BCUT2D eigenvalue weighted by molar-refractivity contribution is -0.360. The maximum atomic E-state index is 10.4. The Bertz CT molecular complexity index is 424. The number of hydrogen-bond acceptors (Lipinski definition) is 11. The highest BCUT2D eigenvalue weighted by atomic mass is 16.7. The average molecular weight is 384 g/mol. The summed E-state index contributed by atoms with van der Waals surface area (Å²) in [4.78, 5) is 0. The highest BCUT2D eigenvalue weighted by Gasteiger charge is 2.51. The zero-order chi connectivity index (χ0) is 19.4. The summed E-state index contributed by atoms with van der Waals surface area (Å²) >= 11 is 0. The summed E-state index contributed by atoms with van der Waals surface area (Å²) in [5, 5.41) is 49.7. The van der Waals surface area contributed by atoms with Gasteiger partial charge in [0.25, 0.3) is 0 Å².